The van der Waals surface area contributed by atoms with Crippen LogP contribution in [0.1, 0.15) is 38.5 Å². The van der Waals surface area contributed by atoms with E-state index in [1.54, 1.807) is 0 Å². The van der Waals surface area contributed by atoms with E-state index in [2.05, 4.69) is 0 Å². The van der Waals surface area contributed by atoms with Gasteiger partial charge in [0, 0.05) is 0 Å². The van der Waals surface area contributed by atoms with Crippen LogP contribution in [0, 0.1) is 23.2 Å². The molecule has 15 heavy (non-hydrogen) atoms. The molecule has 0 amide bonds. The summed E-state index contributed by atoms with van der Waals surface area (Å²) in [5.41, 5.74) is 6.11. The molecule has 4 rings (SSSR count). The Morgan fingerprint density at radius 3 is 1.87 bits per heavy atom. The van der Waals surface area contributed by atoms with E-state index in [4.69, 9.17) is 17.3 Å². The third kappa shape index (κ3) is 1.45. The van der Waals surface area contributed by atoms with Gasteiger partial charge in [0.2, 0.25) is 5.24 Å². The van der Waals surface area contributed by atoms with Gasteiger partial charge in [-0.15, -0.1) is 0 Å². The van der Waals surface area contributed by atoms with Crippen molar-refractivity contribution in [2.24, 2.45) is 28.9 Å². The predicted octanol–water partition coefficient (Wildman–Crippen LogP) is 2.30. The van der Waals surface area contributed by atoms with Gasteiger partial charge in [0.15, 0.2) is 0 Å². The summed E-state index contributed by atoms with van der Waals surface area (Å²) in [6.45, 7) is 0. The smallest absolute Gasteiger partial charge is 0.238 e. The second kappa shape index (κ2) is 3.21. The Hall–Kier alpha value is -0.0800. The molecule has 0 aliphatic heterocycles. The number of hydrogen-bond donors (Lipinski definition) is 1. The third-order valence-corrected chi connectivity index (χ3v) is 5.22. The van der Waals surface area contributed by atoms with E-state index in [0.717, 1.165) is 37.0 Å². The SMILES string of the molecule is NC(C(=O)Cl)C12CC3CC(CC(C3)C1)C2. The fourth-order valence-corrected chi connectivity index (χ4v) is 5.03. The van der Waals surface area contributed by atoms with Gasteiger partial charge in [0.1, 0.15) is 0 Å². The minimum absolute atomic E-state index is 0.0770. The maximum Gasteiger partial charge on any atom is 0.238 e. The van der Waals surface area contributed by atoms with E-state index in [9.17, 15) is 4.79 Å². The first-order valence-electron chi connectivity index (χ1n) is 6.04. The van der Waals surface area contributed by atoms with Gasteiger partial charge in [-0.05, 0) is 73.3 Å². The molecule has 4 fully saturated rings. The molecule has 4 saturated carbocycles. The zero-order chi connectivity index (χ0) is 10.6. The summed E-state index contributed by atoms with van der Waals surface area (Å²) in [6, 6.07) is -0.410. The standard InChI is InChI=1S/C12H18ClNO/c13-11(15)10(14)12-4-7-1-8(5-12)3-9(2-7)6-12/h7-10H,1-6,14H2. The maximum atomic E-state index is 11.3. The van der Waals surface area contributed by atoms with E-state index in [-0.39, 0.29) is 10.7 Å². The molecule has 0 spiro atoms. The molecule has 1 unspecified atom stereocenters. The minimum atomic E-state index is -0.410. The average molecular weight is 228 g/mol. The van der Waals surface area contributed by atoms with Gasteiger partial charge in [-0.2, -0.15) is 0 Å². The van der Waals surface area contributed by atoms with Crippen molar-refractivity contribution >= 4 is 16.8 Å². The quantitative estimate of drug-likeness (QED) is 0.736. The first-order chi connectivity index (χ1) is 7.09. The highest BCUT2D eigenvalue weighted by Crippen LogP contribution is 2.61. The molecule has 0 saturated heterocycles. The molecule has 4 bridgehead atoms. The summed E-state index contributed by atoms with van der Waals surface area (Å²) < 4.78 is 0. The van der Waals surface area contributed by atoms with E-state index < -0.39 is 6.04 Å². The molecular weight excluding hydrogens is 210 g/mol. The fourth-order valence-electron chi connectivity index (χ4n) is 4.80. The van der Waals surface area contributed by atoms with Gasteiger partial charge >= 0.3 is 0 Å². The number of hydrogen-bond acceptors (Lipinski definition) is 2. The van der Waals surface area contributed by atoms with Crippen LogP contribution in [-0.4, -0.2) is 11.3 Å². The highest BCUT2D eigenvalue weighted by Gasteiger charge is 2.54. The van der Waals surface area contributed by atoms with Crippen LogP contribution in [0.5, 0.6) is 0 Å². The summed E-state index contributed by atoms with van der Waals surface area (Å²) >= 11 is 5.60. The summed E-state index contributed by atoms with van der Waals surface area (Å²) in [7, 11) is 0. The topological polar surface area (TPSA) is 43.1 Å². The number of carbonyl (C=O) groups excluding carboxylic acids is 1. The maximum absolute atomic E-state index is 11.3. The molecule has 3 heteroatoms. The second-order valence-electron chi connectivity index (χ2n) is 6.06. The average Bonchev–Trinajstić information content (AvgIpc) is 2.14. The Morgan fingerprint density at radius 2 is 1.53 bits per heavy atom. The highest BCUT2D eigenvalue weighted by atomic mass is 35.5. The number of halogens is 1. The monoisotopic (exact) mass is 227 g/mol. The van der Waals surface area contributed by atoms with Crippen molar-refractivity contribution in [3.05, 3.63) is 0 Å². The fraction of sp³-hybridized carbons (Fsp3) is 0.917. The normalized spacial score (nSPS) is 49.3. The van der Waals surface area contributed by atoms with Gasteiger partial charge < -0.3 is 5.73 Å². The summed E-state index contributed by atoms with van der Waals surface area (Å²) in [6.07, 6.45) is 7.59. The molecule has 2 nitrogen and oxygen atoms in total. The molecule has 0 heterocycles. The molecule has 4 aliphatic carbocycles. The van der Waals surface area contributed by atoms with E-state index in [1.807, 2.05) is 0 Å². The second-order valence-corrected chi connectivity index (χ2v) is 6.43. The highest BCUT2D eigenvalue weighted by molar-refractivity contribution is 6.64. The van der Waals surface area contributed by atoms with Gasteiger partial charge in [0.25, 0.3) is 0 Å². The molecule has 4 aliphatic rings. The lowest BCUT2D eigenvalue weighted by atomic mass is 9.48. The summed E-state index contributed by atoms with van der Waals surface area (Å²) in [5.74, 6) is 2.50. The molecule has 0 aromatic carbocycles. The molecule has 0 aromatic rings. The van der Waals surface area contributed by atoms with Crippen LogP contribution in [-0.2, 0) is 4.79 Å². The Kier molecular flexibility index (Phi) is 2.16. The lowest BCUT2D eigenvalue weighted by Gasteiger charge is -2.58. The molecule has 84 valence electrons. The van der Waals surface area contributed by atoms with Crippen LogP contribution in [0.2, 0.25) is 0 Å². The van der Waals surface area contributed by atoms with Crippen molar-refractivity contribution in [3.63, 3.8) is 0 Å². The zero-order valence-corrected chi connectivity index (χ0v) is 9.67. The van der Waals surface area contributed by atoms with Gasteiger partial charge in [-0.3, -0.25) is 4.79 Å². The van der Waals surface area contributed by atoms with Crippen molar-refractivity contribution in [2.45, 2.75) is 44.6 Å². The van der Waals surface area contributed by atoms with Crippen LogP contribution in [0.25, 0.3) is 0 Å². The lowest BCUT2D eigenvalue weighted by Crippen LogP contribution is -2.56. The van der Waals surface area contributed by atoms with E-state index in [0.29, 0.717) is 0 Å². The summed E-state index contributed by atoms with van der Waals surface area (Å²) in [4.78, 5) is 11.3. The van der Waals surface area contributed by atoms with Gasteiger partial charge in [0.05, 0.1) is 6.04 Å². The molecule has 1 atom stereocenters. The first kappa shape index (κ1) is 10.1. The van der Waals surface area contributed by atoms with E-state index in [1.165, 1.54) is 19.3 Å². The van der Waals surface area contributed by atoms with Crippen LogP contribution >= 0.6 is 11.6 Å². The lowest BCUT2D eigenvalue weighted by molar-refractivity contribution is -0.123. The number of rotatable bonds is 2. The zero-order valence-electron chi connectivity index (χ0n) is 8.92. The number of nitrogens with two attached hydrogens (primary N) is 1. The Bertz CT molecular complexity index is 267. The van der Waals surface area contributed by atoms with Crippen LogP contribution in [0.15, 0.2) is 0 Å². The Morgan fingerprint density at radius 1 is 1.13 bits per heavy atom. The van der Waals surface area contributed by atoms with Crippen molar-refractivity contribution in [1.82, 2.24) is 0 Å². The Labute approximate surface area is 95.5 Å². The molecule has 0 aromatic heterocycles. The molecule has 2 N–H and O–H groups in total. The number of carbonyl (C=O) groups is 1. The van der Waals surface area contributed by atoms with Crippen LogP contribution in [0.3, 0.4) is 0 Å². The Balaban J connectivity index is 1.89. The van der Waals surface area contributed by atoms with Crippen molar-refractivity contribution < 1.29 is 4.79 Å². The largest absolute Gasteiger partial charge is 0.320 e. The summed E-state index contributed by atoms with van der Waals surface area (Å²) in [5, 5.41) is -0.322. The van der Waals surface area contributed by atoms with Crippen molar-refractivity contribution in [2.75, 3.05) is 0 Å². The molecule has 0 radical (unpaired) electrons. The van der Waals surface area contributed by atoms with Crippen molar-refractivity contribution in [1.29, 1.82) is 0 Å². The van der Waals surface area contributed by atoms with Gasteiger partial charge in [-0.25, -0.2) is 0 Å². The van der Waals surface area contributed by atoms with E-state index >= 15 is 0 Å². The van der Waals surface area contributed by atoms with Crippen LogP contribution < -0.4 is 5.73 Å². The first-order valence-corrected chi connectivity index (χ1v) is 6.42. The van der Waals surface area contributed by atoms with Crippen molar-refractivity contribution in [3.8, 4) is 0 Å². The molecular formula is C12H18ClNO. The van der Waals surface area contributed by atoms with Crippen LogP contribution in [0.4, 0.5) is 0 Å². The van der Waals surface area contributed by atoms with Gasteiger partial charge in [-0.1, -0.05) is 0 Å². The minimum Gasteiger partial charge on any atom is -0.320 e. The third-order valence-electron chi connectivity index (χ3n) is 4.99. The predicted molar refractivity (Wildman–Crippen MR) is 59.4 cm³/mol.